The van der Waals surface area contributed by atoms with E-state index in [-0.39, 0.29) is 5.91 Å². The summed E-state index contributed by atoms with van der Waals surface area (Å²) in [6, 6.07) is 0. The highest BCUT2D eigenvalue weighted by atomic mass is 32.2. The third kappa shape index (κ3) is 0.605. The van der Waals surface area contributed by atoms with Crippen LogP contribution >= 0.6 is 11.8 Å². The lowest BCUT2D eigenvalue weighted by Crippen LogP contribution is -2.67. The number of carbonyl (C=O) groups excluding carboxylic acids is 1. The van der Waals surface area contributed by atoms with Crippen LogP contribution in [0.5, 0.6) is 0 Å². The standard InChI is InChI=1S/C4H8N2OS/c1-8-4(5)2-6-3(4)7/h2,5H2,1H3,(H,6,7). The Balaban J connectivity index is 2.55. The number of rotatable bonds is 1. The molecule has 0 saturated carbocycles. The lowest BCUT2D eigenvalue weighted by molar-refractivity contribution is -0.128. The van der Waals surface area contributed by atoms with E-state index >= 15 is 0 Å². The van der Waals surface area contributed by atoms with Gasteiger partial charge in [0.25, 0.3) is 5.91 Å². The van der Waals surface area contributed by atoms with Crippen LogP contribution < -0.4 is 11.1 Å². The number of hydrogen-bond acceptors (Lipinski definition) is 3. The van der Waals surface area contributed by atoms with E-state index in [4.69, 9.17) is 5.73 Å². The first kappa shape index (κ1) is 5.91. The van der Waals surface area contributed by atoms with Crippen LogP contribution in [-0.4, -0.2) is 23.6 Å². The molecule has 1 heterocycles. The molecule has 1 aliphatic rings. The third-order valence-corrected chi connectivity index (χ3v) is 2.32. The van der Waals surface area contributed by atoms with E-state index in [1.807, 2.05) is 6.26 Å². The van der Waals surface area contributed by atoms with Crippen LogP contribution in [0.15, 0.2) is 0 Å². The minimum absolute atomic E-state index is 0.0509. The molecule has 0 bridgehead atoms. The zero-order valence-corrected chi connectivity index (χ0v) is 5.42. The first-order valence-electron chi connectivity index (χ1n) is 2.31. The molecule has 0 aliphatic carbocycles. The second-order valence-electron chi connectivity index (χ2n) is 1.78. The van der Waals surface area contributed by atoms with Gasteiger partial charge in [-0.3, -0.25) is 4.79 Å². The molecule has 46 valence electrons. The molecular weight excluding hydrogens is 124 g/mol. The van der Waals surface area contributed by atoms with Crippen molar-refractivity contribution in [3.8, 4) is 0 Å². The zero-order valence-electron chi connectivity index (χ0n) is 4.60. The summed E-state index contributed by atoms with van der Waals surface area (Å²) in [6.45, 7) is 0.604. The first-order valence-corrected chi connectivity index (χ1v) is 3.54. The fraction of sp³-hybridized carbons (Fsp3) is 0.750. The van der Waals surface area contributed by atoms with Gasteiger partial charge in [-0.25, -0.2) is 0 Å². The Hall–Kier alpha value is -0.220. The molecular formula is C4H8N2OS. The van der Waals surface area contributed by atoms with Gasteiger partial charge in [0, 0.05) is 0 Å². The number of amides is 1. The predicted octanol–water partition coefficient (Wildman–Crippen LogP) is -0.866. The number of β-lactam (4-membered cyclic amide) rings is 1. The molecule has 3 N–H and O–H groups in total. The van der Waals surface area contributed by atoms with E-state index in [0.29, 0.717) is 6.54 Å². The maximum absolute atomic E-state index is 10.5. The van der Waals surface area contributed by atoms with Gasteiger partial charge < -0.3 is 11.1 Å². The van der Waals surface area contributed by atoms with Crippen molar-refractivity contribution in [1.29, 1.82) is 0 Å². The summed E-state index contributed by atoms with van der Waals surface area (Å²) in [4.78, 5) is 9.92. The molecule has 1 fully saturated rings. The quantitative estimate of drug-likeness (QED) is 0.360. The average molecular weight is 132 g/mol. The van der Waals surface area contributed by atoms with Crippen molar-refractivity contribution >= 4 is 17.7 Å². The molecule has 1 aliphatic heterocycles. The zero-order chi connectivity index (χ0) is 6.20. The molecule has 3 nitrogen and oxygen atoms in total. The SMILES string of the molecule is CSC1(N)CNC1=O. The summed E-state index contributed by atoms with van der Waals surface area (Å²) >= 11 is 1.39. The van der Waals surface area contributed by atoms with Crippen LogP contribution in [0.25, 0.3) is 0 Å². The number of nitrogens with two attached hydrogens (primary N) is 1. The van der Waals surface area contributed by atoms with Crippen LogP contribution in [0.1, 0.15) is 0 Å². The van der Waals surface area contributed by atoms with Gasteiger partial charge >= 0.3 is 0 Å². The van der Waals surface area contributed by atoms with Crippen molar-refractivity contribution in [1.82, 2.24) is 5.32 Å². The second-order valence-corrected chi connectivity index (χ2v) is 2.91. The molecule has 1 unspecified atom stereocenters. The van der Waals surface area contributed by atoms with E-state index in [0.717, 1.165) is 0 Å². The summed E-state index contributed by atoms with van der Waals surface area (Å²) in [6.07, 6.45) is 1.83. The minimum Gasteiger partial charge on any atom is -0.350 e. The van der Waals surface area contributed by atoms with Crippen molar-refractivity contribution in [2.45, 2.75) is 4.87 Å². The first-order chi connectivity index (χ1) is 3.69. The van der Waals surface area contributed by atoms with Gasteiger partial charge in [0.1, 0.15) is 0 Å². The molecule has 0 aromatic rings. The Kier molecular flexibility index (Phi) is 1.21. The summed E-state index contributed by atoms with van der Waals surface area (Å²) in [5.74, 6) is -0.0509. The Bertz CT molecular complexity index is 123. The van der Waals surface area contributed by atoms with Gasteiger partial charge in [-0.1, -0.05) is 0 Å². The van der Waals surface area contributed by atoms with Gasteiger partial charge in [-0.15, -0.1) is 11.8 Å². The van der Waals surface area contributed by atoms with E-state index in [1.54, 1.807) is 0 Å². The maximum atomic E-state index is 10.5. The summed E-state index contributed by atoms with van der Waals surface area (Å²) in [7, 11) is 0. The van der Waals surface area contributed by atoms with Crippen LogP contribution in [0.2, 0.25) is 0 Å². The fourth-order valence-electron chi connectivity index (χ4n) is 0.500. The number of carbonyl (C=O) groups is 1. The van der Waals surface area contributed by atoms with Crippen LogP contribution in [0, 0.1) is 0 Å². The topological polar surface area (TPSA) is 55.1 Å². The monoisotopic (exact) mass is 132 g/mol. The van der Waals surface area contributed by atoms with Crippen LogP contribution in [-0.2, 0) is 4.79 Å². The largest absolute Gasteiger partial charge is 0.350 e. The number of thioether (sulfide) groups is 1. The van der Waals surface area contributed by atoms with Crippen molar-refractivity contribution in [3.05, 3.63) is 0 Å². The lowest BCUT2D eigenvalue weighted by atomic mass is 10.2. The van der Waals surface area contributed by atoms with E-state index in [1.165, 1.54) is 11.8 Å². The van der Waals surface area contributed by atoms with Crippen molar-refractivity contribution < 1.29 is 4.79 Å². The molecule has 1 atom stereocenters. The Morgan fingerprint density at radius 1 is 2.00 bits per heavy atom. The number of hydrogen-bond donors (Lipinski definition) is 2. The highest BCUT2D eigenvalue weighted by Crippen LogP contribution is 2.20. The van der Waals surface area contributed by atoms with Gasteiger partial charge in [-0.05, 0) is 6.26 Å². The minimum atomic E-state index is -0.611. The predicted molar refractivity (Wildman–Crippen MR) is 33.4 cm³/mol. The molecule has 0 radical (unpaired) electrons. The Morgan fingerprint density at radius 2 is 2.62 bits per heavy atom. The molecule has 8 heavy (non-hydrogen) atoms. The second kappa shape index (κ2) is 1.63. The van der Waals surface area contributed by atoms with Gasteiger partial charge in [-0.2, -0.15) is 0 Å². The third-order valence-electron chi connectivity index (χ3n) is 1.26. The smallest absolute Gasteiger partial charge is 0.252 e. The summed E-state index contributed by atoms with van der Waals surface area (Å²) in [5.41, 5.74) is 5.50. The van der Waals surface area contributed by atoms with Crippen molar-refractivity contribution in [3.63, 3.8) is 0 Å². The van der Waals surface area contributed by atoms with E-state index in [9.17, 15) is 4.79 Å². The summed E-state index contributed by atoms with van der Waals surface area (Å²) < 4.78 is 0. The molecule has 0 aromatic heterocycles. The average Bonchev–Trinajstić information content (AvgIpc) is 1.83. The van der Waals surface area contributed by atoms with Gasteiger partial charge in [0.05, 0.1) is 6.54 Å². The molecule has 0 aromatic carbocycles. The Morgan fingerprint density at radius 3 is 2.62 bits per heavy atom. The normalized spacial score (nSPS) is 36.0. The van der Waals surface area contributed by atoms with Crippen LogP contribution in [0.3, 0.4) is 0 Å². The molecule has 1 saturated heterocycles. The van der Waals surface area contributed by atoms with E-state index in [2.05, 4.69) is 5.32 Å². The lowest BCUT2D eigenvalue weighted by Gasteiger charge is -2.34. The molecule has 0 spiro atoms. The fourth-order valence-corrected chi connectivity index (χ4v) is 0.974. The molecule has 1 amide bonds. The highest BCUT2D eigenvalue weighted by molar-refractivity contribution is 8.00. The molecule has 4 heteroatoms. The highest BCUT2D eigenvalue weighted by Gasteiger charge is 2.41. The maximum Gasteiger partial charge on any atom is 0.252 e. The Labute approximate surface area is 52.0 Å². The van der Waals surface area contributed by atoms with Crippen LogP contribution in [0.4, 0.5) is 0 Å². The van der Waals surface area contributed by atoms with Gasteiger partial charge in [0.15, 0.2) is 4.87 Å². The van der Waals surface area contributed by atoms with Crippen molar-refractivity contribution in [2.75, 3.05) is 12.8 Å². The van der Waals surface area contributed by atoms with Crippen molar-refractivity contribution in [2.24, 2.45) is 5.73 Å². The summed E-state index contributed by atoms with van der Waals surface area (Å²) in [5, 5.41) is 2.57. The molecule has 1 rings (SSSR count). The van der Waals surface area contributed by atoms with E-state index < -0.39 is 4.87 Å². The number of nitrogens with one attached hydrogen (secondary N) is 1. The van der Waals surface area contributed by atoms with Gasteiger partial charge in [0.2, 0.25) is 0 Å².